The van der Waals surface area contributed by atoms with E-state index in [1.54, 1.807) is 5.57 Å². The second kappa shape index (κ2) is 9.52. The van der Waals surface area contributed by atoms with Gasteiger partial charge < -0.3 is 5.73 Å². The van der Waals surface area contributed by atoms with E-state index in [4.69, 9.17) is 5.73 Å². The second-order valence-electron chi connectivity index (χ2n) is 7.11. The molecule has 0 saturated carbocycles. The van der Waals surface area contributed by atoms with Gasteiger partial charge in [0.2, 0.25) is 0 Å². The van der Waals surface area contributed by atoms with E-state index in [0.29, 0.717) is 12.0 Å². The van der Waals surface area contributed by atoms with Gasteiger partial charge in [0.25, 0.3) is 0 Å². The molecule has 0 fully saturated rings. The predicted molar refractivity (Wildman–Crippen MR) is 104 cm³/mol. The zero-order valence-corrected chi connectivity index (χ0v) is 15.5. The van der Waals surface area contributed by atoms with Crippen LogP contribution < -0.4 is 5.73 Å². The number of hydrogen-bond acceptors (Lipinski definition) is 1. The maximum atomic E-state index is 5.42. The Balaban J connectivity index is 2.73. The molecule has 0 heterocycles. The summed E-state index contributed by atoms with van der Waals surface area (Å²) in [4.78, 5) is 0. The van der Waals surface area contributed by atoms with Crippen LogP contribution in [0.25, 0.3) is 0 Å². The van der Waals surface area contributed by atoms with E-state index in [-0.39, 0.29) is 0 Å². The number of allylic oxidation sites excluding steroid dienone is 11. The summed E-state index contributed by atoms with van der Waals surface area (Å²) in [7, 11) is 0. The minimum absolute atomic E-state index is 0.309. The van der Waals surface area contributed by atoms with E-state index in [1.165, 1.54) is 36.0 Å². The van der Waals surface area contributed by atoms with E-state index in [0.717, 1.165) is 0 Å². The third kappa shape index (κ3) is 7.00. The first-order valence-corrected chi connectivity index (χ1v) is 8.63. The number of nitrogens with two attached hydrogens (primary N) is 1. The van der Waals surface area contributed by atoms with Gasteiger partial charge in [0, 0.05) is 6.54 Å². The van der Waals surface area contributed by atoms with Gasteiger partial charge in [-0.05, 0) is 51.0 Å². The molecule has 0 aliphatic heterocycles. The normalized spacial score (nSPS) is 20.4. The molecule has 1 rings (SSSR count). The van der Waals surface area contributed by atoms with Crippen molar-refractivity contribution in [3.63, 3.8) is 0 Å². The standard InChI is InChI=1S/C22H33N/c1-18(10-6-7-17-23)11-8-12-19(2)14-15-21-20(3)13-9-16-22(21,4)5/h6-8,10-12,14-15H,9,13,16-17,23H2,1-5H3/b7-6+,11-8+,15-14+,18-10+,19-12+. The van der Waals surface area contributed by atoms with Crippen LogP contribution in [0.1, 0.15) is 53.9 Å². The average molecular weight is 312 g/mol. The van der Waals surface area contributed by atoms with Crippen molar-refractivity contribution in [3.8, 4) is 0 Å². The fraction of sp³-hybridized carbons (Fsp3) is 0.455. The smallest absolute Gasteiger partial charge is 0.0109 e. The van der Waals surface area contributed by atoms with Crippen LogP contribution in [0.2, 0.25) is 0 Å². The molecule has 1 aliphatic rings. The predicted octanol–water partition coefficient (Wildman–Crippen LogP) is 6.03. The van der Waals surface area contributed by atoms with Crippen LogP contribution in [-0.4, -0.2) is 6.54 Å². The van der Waals surface area contributed by atoms with Crippen LogP contribution in [0.5, 0.6) is 0 Å². The molecule has 0 bridgehead atoms. The van der Waals surface area contributed by atoms with Gasteiger partial charge >= 0.3 is 0 Å². The Morgan fingerprint density at radius 3 is 2.39 bits per heavy atom. The van der Waals surface area contributed by atoms with Crippen LogP contribution in [0.15, 0.2) is 70.9 Å². The van der Waals surface area contributed by atoms with Crippen molar-refractivity contribution in [2.24, 2.45) is 11.1 Å². The zero-order chi connectivity index (χ0) is 17.3. The van der Waals surface area contributed by atoms with Gasteiger partial charge in [0.05, 0.1) is 0 Å². The molecule has 0 aromatic carbocycles. The van der Waals surface area contributed by atoms with Crippen LogP contribution in [0, 0.1) is 5.41 Å². The molecule has 1 heteroatoms. The highest BCUT2D eigenvalue weighted by Gasteiger charge is 2.26. The highest BCUT2D eigenvalue weighted by atomic mass is 14.5. The average Bonchev–Trinajstić information content (AvgIpc) is 2.46. The SMILES string of the molecule is CC1=C(/C=C/C(C)=C/C=C/C(C)=C/C=C/CN)C(C)(C)CCC1. The third-order valence-electron chi connectivity index (χ3n) is 4.40. The summed E-state index contributed by atoms with van der Waals surface area (Å²) in [5.41, 5.74) is 11.3. The molecule has 0 spiro atoms. The van der Waals surface area contributed by atoms with Crippen LogP contribution in [0.3, 0.4) is 0 Å². The summed E-state index contributed by atoms with van der Waals surface area (Å²) in [6.45, 7) is 11.8. The fourth-order valence-electron chi connectivity index (χ4n) is 2.99. The highest BCUT2D eigenvalue weighted by Crippen LogP contribution is 2.40. The molecular formula is C22H33N. The van der Waals surface area contributed by atoms with Crippen molar-refractivity contribution >= 4 is 0 Å². The molecular weight excluding hydrogens is 278 g/mol. The van der Waals surface area contributed by atoms with Crippen LogP contribution >= 0.6 is 0 Å². The molecule has 2 N–H and O–H groups in total. The topological polar surface area (TPSA) is 26.0 Å². The van der Waals surface area contributed by atoms with Gasteiger partial charge in [0.15, 0.2) is 0 Å². The molecule has 1 aliphatic carbocycles. The summed E-state index contributed by atoms with van der Waals surface area (Å²) >= 11 is 0. The van der Waals surface area contributed by atoms with E-state index < -0.39 is 0 Å². The van der Waals surface area contributed by atoms with Crippen molar-refractivity contribution in [3.05, 3.63) is 70.9 Å². The van der Waals surface area contributed by atoms with Gasteiger partial charge in [-0.2, -0.15) is 0 Å². The Morgan fingerprint density at radius 2 is 1.74 bits per heavy atom. The fourth-order valence-corrected chi connectivity index (χ4v) is 2.99. The monoisotopic (exact) mass is 311 g/mol. The van der Waals surface area contributed by atoms with Crippen molar-refractivity contribution in [1.29, 1.82) is 0 Å². The maximum Gasteiger partial charge on any atom is 0.0109 e. The first kappa shape index (κ1) is 19.4. The van der Waals surface area contributed by atoms with E-state index in [1.807, 2.05) is 12.2 Å². The Morgan fingerprint density at radius 1 is 1.09 bits per heavy atom. The lowest BCUT2D eigenvalue weighted by atomic mass is 9.72. The van der Waals surface area contributed by atoms with Gasteiger partial charge in [-0.15, -0.1) is 0 Å². The lowest BCUT2D eigenvalue weighted by molar-refractivity contribution is 0.377. The molecule has 1 nitrogen and oxygen atoms in total. The first-order valence-electron chi connectivity index (χ1n) is 8.63. The Hall–Kier alpha value is -1.60. The largest absolute Gasteiger partial charge is 0.327 e. The summed E-state index contributed by atoms with van der Waals surface area (Å²) in [5.74, 6) is 0. The minimum atomic E-state index is 0.309. The Bertz CT molecular complexity index is 563. The molecule has 0 aromatic rings. The van der Waals surface area contributed by atoms with Crippen molar-refractivity contribution in [2.75, 3.05) is 6.54 Å². The number of hydrogen-bond donors (Lipinski definition) is 1. The summed E-state index contributed by atoms with van der Waals surface area (Å²) in [5, 5.41) is 0. The van der Waals surface area contributed by atoms with Gasteiger partial charge in [0.1, 0.15) is 0 Å². The van der Waals surface area contributed by atoms with Crippen LogP contribution in [-0.2, 0) is 0 Å². The van der Waals surface area contributed by atoms with Crippen molar-refractivity contribution in [1.82, 2.24) is 0 Å². The van der Waals surface area contributed by atoms with E-state index in [2.05, 4.69) is 71.1 Å². The molecule has 23 heavy (non-hydrogen) atoms. The molecule has 0 amide bonds. The quantitative estimate of drug-likeness (QED) is 0.595. The van der Waals surface area contributed by atoms with Crippen molar-refractivity contribution in [2.45, 2.75) is 53.9 Å². The van der Waals surface area contributed by atoms with Crippen molar-refractivity contribution < 1.29 is 0 Å². The molecule has 0 radical (unpaired) electrons. The Kier molecular flexibility index (Phi) is 8.05. The lowest BCUT2D eigenvalue weighted by Gasteiger charge is -2.32. The van der Waals surface area contributed by atoms with Gasteiger partial charge in [-0.25, -0.2) is 0 Å². The lowest BCUT2D eigenvalue weighted by Crippen LogP contribution is -2.19. The molecule has 0 aromatic heterocycles. The summed E-state index contributed by atoms with van der Waals surface area (Å²) < 4.78 is 0. The number of rotatable bonds is 6. The molecule has 0 unspecified atom stereocenters. The summed E-state index contributed by atoms with van der Waals surface area (Å²) in [6, 6.07) is 0. The maximum absolute atomic E-state index is 5.42. The minimum Gasteiger partial charge on any atom is -0.327 e. The second-order valence-corrected chi connectivity index (χ2v) is 7.11. The molecule has 0 saturated heterocycles. The van der Waals surface area contributed by atoms with Crippen LogP contribution in [0.4, 0.5) is 0 Å². The molecule has 126 valence electrons. The zero-order valence-electron chi connectivity index (χ0n) is 15.5. The van der Waals surface area contributed by atoms with E-state index >= 15 is 0 Å². The highest BCUT2D eigenvalue weighted by molar-refractivity contribution is 5.37. The van der Waals surface area contributed by atoms with E-state index in [9.17, 15) is 0 Å². The van der Waals surface area contributed by atoms with Gasteiger partial charge in [-0.1, -0.05) is 79.2 Å². The molecule has 0 atom stereocenters. The van der Waals surface area contributed by atoms with Gasteiger partial charge in [-0.3, -0.25) is 0 Å². The third-order valence-corrected chi connectivity index (χ3v) is 4.40. The first-order chi connectivity index (χ1) is 10.9. The Labute approximate surface area is 143 Å². The summed E-state index contributed by atoms with van der Waals surface area (Å²) in [6.07, 6.45) is 20.8.